The molecule has 0 radical (unpaired) electrons. The van der Waals surface area contributed by atoms with Gasteiger partial charge in [0.25, 0.3) is 0 Å². The third kappa shape index (κ3) is 37.0. The second-order valence-electron chi connectivity index (χ2n) is 15.6. The fourth-order valence-corrected chi connectivity index (χ4v) is 7.02. The number of hydrogen-bond acceptors (Lipinski definition) is 4. The number of unbranched alkanes of at least 4 members (excludes halogenated alkanes) is 29. The zero-order valence-corrected chi connectivity index (χ0v) is 34.2. The Balaban J connectivity index is 3.62. The molecule has 0 aliphatic heterocycles. The molecule has 0 spiro atoms. The minimum Gasteiger partial charge on any atom is -0.394 e. The maximum atomic E-state index is 12.4. The van der Waals surface area contributed by atoms with Gasteiger partial charge in [-0.3, -0.25) is 4.79 Å². The number of carbonyl (C=O) groups excluding carboxylic acids is 1. The average molecular weight is 720 g/mol. The van der Waals surface area contributed by atoms with Crippen molar-refractivity contribution in [3.63, 3.8) is 0 Å². The Kier molecular flexibility index (Phi) is 40.6. The van der Waals surface area contributed by atoms with E-state index in [1.807, 2.05) is 0 Å². The predicted octanol–water partition coefficient (Wildman–Crippen LogP) is 13.0. The molecule has 302 valence electrons. The van der Waals surface area contributed by atoms with Crippen LogP contribution in [0.25, 0.3) is 0 Å². The first-order valence-electron chi connectivity index (χ1n) is 22.6. The van der Waals surface area contributed by atoms with E-state index < -0.39 is 18.2 Å². The highest BCUT2D eigenvalue weighted by Crippen LogP contribution is 2.17. The minimum atomic E-state index is -1.14. The van der Waals surface area contributed by atoms with Crippen molar-refractivity contribution in [2.75, 3.05) is 6.61 Å². The predicted molar refractivity (Wildman–Crippen MR) is 222 cm³/mol. The van der Waals surface area contributed by atoms with Crippen molar-refractivity contribution in [3.8, 4) is 0 Å². The number of aliphatic hydroxyl groups is 3. The second-order valence-corrected chi connectivity index (χ2v) is 15.6. The molecule has 51 heavy (non-hydrogen) atoms. The number of carbonyl (C=O) groups is 1. The van der Waals surface area contributed by atoms with Gasteiger partial charge in [0.05, 0.1) is 18.8 Å². The summed E-state index contributed by atoms with van der Waals surface area (Å²) in [6.07, 6.45) is 50.0. The van der Waals surface area contributed by atoms with Gasteiger partial charge in [0.1, 0.15) is 6.10 Å². The fourth-order valence-electron chi connectivity index (χ4n) is 7.02. The van der Waals surface area contributed by atoms with E-state index in [-0.39, 0.29) is 12.5 Å². The summed E-state index contributed by atoms with van der Waals surface area (Å²) >= 11 is 0. The smallest absolute Gasteiger partial charge is 0.220 e. The Morgan fingerprint density at radius 1 is 0.490 bits per heavy atom. The van der Waals surface area contributed by atoms with E-state index in [4.69, 9.17) is 0 Å². The van der Waals surface area contributed by atoms with Crippen molar-refractivity contribution < 1.29 is 20.1 Å². The lowest BCUT2D eigenvalue weighted by Gasteiger charge is -2.26. The van der Waals surface area contributed by atoms with Crippen LogP contribution in [0.3, 0.4) is 0 Å². The Labute approximate surface area is 318 Å². The van der Waals surface area contributed by atoms with Crippen molar-refractivity contribution in [2.45, 2.75) is 257 Å². The van der Waals surface area contributed by atoms with Crippen molar-refractivity contribution >= 4 is 5.91 Å². The summed E-state index contributed by atoms with van der Waals surface area (Å²) in [7, 11) is 0. The Morgan fingerprint density at radius 3 is 1.27 bits per heavy atom. The maximum absolute atomic E-state index is 12.4. The number of hydrogen-bond donors (Lipinski definition) is 4. The van der Waals surface area contributed by atoms with Crippen LogP contribution < -0.4 is 5.32 Å². The molecule has 5 nitrogen and oxygen atoms in total. The molecule has 0 fully saturated rings. The molecule has 0 bridgehead atoms. The van der Waals surface area contributed by atoms with E-state index in [1.54, 1.807) is 0 Å². The van der Waals surface area contributed by atoms with Crippen molar-refractivity contribution in [2.24, 2.45) is 0 Å². The zero-order chi connectivity index (χ0) is 37.3. The van der Waals surface area contributed by atoms with Crippen LogP contribution in [-0.4, -0.2) is 46.1 Å². The van der Waals surface area contributed by atoms with Gasteiger partial charge < -0.3 is 20.6 Å². The van der Waals surface area contributed by atoms with Crippen LogP contribution >= 0.6 is 0 Å². The van der Waals surface area contributed by atoms with Crippen LogP contribution in [-0.2, 0) is 4.79 Å². The van der Waals surface area contributed by atoms with Crippen LogP contribution in [0.4, 0.5) is 0 Å². The summed E-state index contributed by atoms with van der Waals surface area (Å²) < 4.78 is 0. The SMILES string of the molecule is CCCCC/C=C\C/C=C\CCCCCCCCCC(=O)NC(CO)C(O)C(O)CCCCCCCCCCCCCCCCCCCCCC. The molecule has 0 aliphatic carbocycles. The summed E-state index contributed by atoms with van der Waals surface area (Å²) in [5.74, 6) is -0.151. The molecule has 0 aromatic heterocycles. The summed E-state index contributed by atoms with van der Waals surface area (Å²) in [6.45, 7) is 4.16. The summed E-state index contributed by atoms with van der Waals surface area (Å²) in [4.78, 5) is 12.4. The zero-order valence-electron chi connectivity index (χ0n) is 34.2. The molecule has 0 saturated heterocycles. The van der Waals surface area contributed by atoms with Crippen LogP contribution in [0.1, 0.15) is 239 Å². The minimum absolute atomic E-state index is 0.151. The highest BCUT2D eigenvalue weighted by molar-refractivity contribution is 5.76. The molecule has 3 unspecified atom stereocenters. The standard InChI is InChI=1S/C46H89NO4/c1-3-5-7-9-11-13-15-17-19-21-22-23-25-26-28-30-32-34-36-38-40-44(49)46(51)43(42-48)47-45(50)41-39-37-35-33-31-29-27-24-20-18-16-14-12-10-8-6-4-2/h12,14,18,20,43-44,46,48-49,51H,3-11,13,15-17,19,21-42H2,1-2H3,(H,47,50)/b14-12-,20-18-. The van der Waals surface area contributed by atoms with E-state index >= 15 is 0 Å². The van der Waals surface area contributed by atoms with Gasteiger partial charge in [-0.1, -0.05) is 212 Å². The molecule has 0 saturated carbocycles. The van der Waals surface area contributed by atoms with Gasteiger partial charge in [0, 0.05) is 6.42 Å². The molecule has 0 rings (SSSR count). The second kappa shape index (κ2) is 41.6. The van der Waals surface area contributed by atoms with Crippen LogP contribution in [0, 0.1) is 0 Å². The first-order chi connectivity index (χ1) is 25.1. The summed E-state index contributed by atoms with van der Waals surface area (Å²) in [5.41, 5.74) is 0. The monoisotopic (exact) mass is 720 g/mol. The van der Waals surface area contributed by atoms with E-state index in [1.165, 1.54) is 161 Å². The molecule has 0 aliphatic rings. The first-order valence-corrected chi connectivity index (χ1v) is 22.6. The number of rotatable bonds is 41. The van der Waals surface area contributed by atoms with Crippen molar-refractivity contribution in [3.05, 3.63) is 24.3 Å². The summed E-state index contributed by atoms with van der Waals surface area (Å²) in [5, 5.41) is 33.6. The van der Waals surface area contributed by atoms with Gasteiger partial charge in [-0.15, -0.1) is 0 Å². The van der Waals surface area contributed by atoms with E-state index in [0.29, 0.717) is 12.8 Å². The van der Waals surface area contributed by atoms with Gasteiger partial charge in [-0.25, -0.2) is 0 Å². The van der Waals surface area contributed by atoms with E-state index in [0.717, 1.165) is 51.4 Å². The molecular weight excluding hydrogens is 631 g/mol. The fraction of sp³-hybridized carbons (Fsp3) is 0.891. The van der Waals surface area contributed by atoms with Gasteiger partial charge in [0.15, 0.2) is 0 Å². The number of amides is 1. The van der Waals surface area contributed by atoms with Gasteiger partial charge in [-0.05, 0) is 44.9 Å². The number of nitrogens with one attached hydrogen (secondary N) is 1. The Hall–Kier alpha value is -1.17. The topological polar surface area (TPSA) is 89.8 Å². The van der Waals surface area contributed by atoms with Gasteiger partial charge >= 0.3 is 0 Å². The molecule has 0 aromatic carbocycles. The lowest BCUT2D eigenvalue weighted by Crippen LogP contribution is -2.50. The molecule has 5 heteroatoms. The van der Waals surface area contributed by atoms with Crippen LogP contribution in [0.15, 0.2) is 24.3 Å². The first kappa shape index (κ1) is 49.8. The number of allylic oxidation sites excluding steroid dienone is 4. The molecular formula is C46H89NO4. The highest BCUT2D eigenvalue weighted by Gasteiger charge is 2.26. The Bertz CT molecular complexity index is 754. The van der Waals surface area contributed by atoms with Crippen molar-refractivity contribution in [1.29, 1.82) is 0 Å². The molecule has 3 atom stereocenters. The quantitative estimate of drug-likeness (QED) is 0.0374. The number of aliphatic hydroxyl groups excluding tert-OH is 3. The van der Waals surface area contributed by atoms with Crippen LogP contribution in [0.2, 0.25) is 0 Å². The molecule has 4 N–H and O–H groups in total. The summed E-state index contributed by atoms with van der Waals surface area (Å²) in [6, 6.07) is -0.812. The van der Waals surface area contributed by atoms with E-state index in [2.05, 4.69) is 43.5 Å². The van der Waals surface area contributed by atoms with Crippen molar-refractivity contribution in [1.82, 2.24) is 5.32 Å². The Morgan fingerprint density at radius 2 is 0.843 bits per heavy atom. The van der Waals surface area contributed by atoms with Gasteiger partial charge in [-0.2, -0.15) is 0 Å². The average Bonchev–Trinajstić information content (AvgIpc) is 3.13. The molecule has 1 amide bonds. The third-order valence-corrected chi connectivity index (χ3v) is 10.6. The molecule has 0 heterocycles. The molecule has 0 aromatic rings. The third-order valence-electron chi connectivity index (χ3n) is 10.6. The van der Waals surface area contributed by atoms with E-state index in [9.17, 15) is 20.1 Å². The maximum Gasteiger partial charge on any atom is 0.220 e. The normalized spacial score (nSPS) is 13.7. The lowest BCUT2D eigenvalue weighted by molar-refractivity contribution is -0.124. The largest absolute Gasteiger partial charge is 0.394 e. The lowest BCUT2D eigenvalue weighted by atomic mass is 9.99. The van der Waals surface area contributed by atoms with Crippen LogP contribution in [0.5, 0.6) is 0 Å². The van der Waals surface area contributed by atoms with Gasteiger partial charge in [0.2, 0.25) is 5.91 Å². The highest BCUT2D eigenvalue weighted by atomic mass is 16.3.